The van der Waals surface area contributed by atoms with E-state index in [1.165, 1.54) is 6.20 Å². The summed E-state index contributed by atoms with van der Waals surface area (Å²) in [5, 5.41) is 3.02. The van der Waals surface area contributed by atoms with Gasteiger partial charge in [0.2, 0.25) is 0 Å². The minimum Gasteiger partial charge on any atom is -0.383 e. The van der Waals surface area contributed by atoms with Crippen LogP contribution in [0.4, 0.5) is 11.4 Å². The zero-order valence-corrected chi connectivity index (χ0v) is 13.2. The van der Waals surface area contributed by atoms with Gasteiger partial charge in [0.25, 0.3) is 10.0 Å². The van der Waals surface area contributed by atoms with Gasteiger partial charge in [0.05, 0.1) is 11.4 Å². The molecule has 1 heterocycles. The van der Waals surface area contributed by atoms with Crippen molar-refractivity contribution in [2.45, 2.75) is 25.8 Å². The van der Waals surface area contributed by atoms with E-state index in [0.717, 1.165) is 11.1 Å². The monoisotopic (exact) mass is 305 g/mol. The fourth-order valence-electron chi connectivity index (χ4n) is 2.05. The smallest absolute Gasteiger partial charge is 0.281 e. The van der Waals surface area contributed by atoms with Crippen molar-refractivity contribution in [2.75, 3.05) is 16.6 Å². The molecular formula is C15H19N3O2S. The third-order valence-corrected chi connectivity index (χ3v) is 4.34. The SMILES string of the molecule is CCNc1cccnc1S(=O)(=O)Nc1ccc(C)cc1C. The summed E-state index contributed by atoms with van der Waals surface area (Å²) in [4.78, 5) is 4.00. The summed E-state index contributed by atoms with van der Waals surface area (Å²) >= 11 is 0. The van der Waals surface area contributed by atoms with E-state index in [1.807, 2.05) is 32.9 Å². The van der Waals surface area contributed by atoms with Crippen LogP contribution in [0.2, 0.25) is 0 Å². The van der Waals surface area contributed by atoms with Gasteiger partial charge in [-0.15, -0.1) is 0 Å². The Hall–Kier alpha value is -2.08. The van der Waals surface area contributed by atoms with E-state index in [4.69, 9.17) is 0 Å². The number of hydrogen-bond donors (Lipinski definition) is 2. The van der Waals surface area contributed by atoms with Crippen molar-refractivity contribution in [2.24, 2.45) is 0 Å². The van der Waals surface area contributed by atoms with Crippen molar-refractivity contribution in [3.8, 4) is 0 Å². The van der Waals surface area contributed by atoms with Crippen LogP contribution in [0.25, 0.3) is 0 Å². The van der Waals surface area contributed by atoms with Gasteiger partial charge in [0.15, 0.2) is 5.03 Å². The molecule has 5 nitrogen and oxygen atoms in total. The summed E-state index contributed by atoms with van der Waals surface area (Å²) in [5.41, 5.74) is 3.02. The van der Waals surface area contributed by atoms with Crippen LogP contribution in [-0.4, -0.2) is 19.9 Å². The number of benzene rings is 1. The van der Waals surface area contributed by atoms with Crippen molar-refractivity contribution >= 4 is 21.4 Å². The minimum absolute atomic E-state index is 0.00632. The highest BCUT2D eigenvalue weighted by Crippen LogP contribution is 2.23. The Morgan fingerprint density at radius 2 is 1.90 bits per heavy atom. The maximum atomic E-state index is 12.5. The molecular weight excluding hydrogens is 286 g/mol. The molecule has 0 radical (unpaired) electrons. The standard InChI is InChI=1S/C15H19N3O2S/c1-4-16-14-6-5-9-17-15(14)21(19,20)18-13-8-7-11(2)10-12(13)3/h5-10,16,18H,4H2,1-3H3. The Morgan fingerprint density at radius 3 is 2.57 bits per heavy atom. The lowest BCUT2D eigenvalue weighted by Gasteiger charge is -2.13. The van der Waals surface area contributed by atoms with Crippen LogP contribution < -0.4 is 10.0 Å². The predicted molar refractivity (Wildman–Crippen MR) is 85.1 cm³/mol. The lowest BCUT2D eigenvalue weighted by molar-refractivity contribution is 0.598. The number of anilines is 2. The minimum atomic E-state index is -3.73. The lowest BCUT2D eigenvalue weighted by atomic mass is 10.1. The number of pyridine rings is 1. The first-order chi connectivity index (χ1) is 9.94. The molecule has 0 unspecified atom stereocenters. The van der Waals surface area contributed by atoms with Crippen LogP contribution in [-0.2, 0) is 10.0 Å². The molecule has 2 N–H and O–H groups in total. The van der Waals surface area contributed by atoms with Crippen molar-refractivity contribution in [3.63, 3.8) is 0 Å². The van der Waals surface area contributed by atoms with E-state index < -0.39 is 10.0 Å². The first-order valence-electron chi connectivity index (χ1n) is 6.73. The first kappa shape index (κ1) is 15.3. The predicted octanol–water partition coefficient (Wildman–Crippen LogP) is 2.93. The number of sulfonamides is 1. The zero-order chi connectivity index (χ0) is 15.5. The molecule has 0 aliphatic heterocycles. The summed E-state index contributed by atoms with van der Waals surface area (Å²) < 4.78 is 27.6. The number of hydrogen-bond acceptors (Lipinski definition) is 4. The van der Waals surface area contributed by atoms with E-state index in [2.05, 4.69) is 15.0 Å². The summed E-state index contributed by atoms with van der Waals surface area (Å²) in [6, 6.07) is 8.97. The average Bonchev–Trinajstić information content (AvgIpc) is 2.43. The van der Waals surface area contributed by atoms with Gasteiger partial charge < -0.3 is 5.32 Å². The Bertz CT molecular complexity index is 742. The molecule has 112 valence electrons. The molecule has 0 aliphatic rings. The van der Waals surface area contributed by atoms with Gasteiger partial charge in [0.1, 0.15) is 0 Å². The van der Waals surface area contributed by atoms with Gasteiger partial charge in [-0.25, -0.2) is 4.98 Å². The maximum absolute atomic E-state index is 12.5. The summed E-state index contributed by atoms with van der Waals surface area (Å²) in [6.45, 7) is 6.36. The van der Waals surface area contributed by atoms with Crippen molar-refractivity contribution in [3.05, 3.63) is 47.7 Å². The first-order valence-corrected chi connectivity index (χ1v) is 8.21. The van der Waals surface area contributed by atoms with Gasteiger partial charge in [0, 0.05) is 12.7 Å². The zero-order valence-electron chi connectivity index (χ0n) is 12.3. The Labute approximate surface area is 125 Å². The molecule has 0 amide bonds. The second kappa shape index (κ2) is 6.13. The van der Waals surface area contributed by atoms with Crippen LogP contribution in [0, 0.1) is 13.8 Å². The van der Waals surface area contributed by atoms with E-state index in [9.17, 15) is 8.42 Å². The molecule has 1 aromatic heterocycles. The number of nitrogens with one attached hydrogen (secondary N) is 2. The van der Waals surface area contributed by atoms with E-state index >= 15 is 0 Å². The second-order valence-corrected chi connectivity index (χ2v) is 6.41. The number of nitrogens with zero attached hydrogens (tertiary/aromatic N) is 1. The second-order valence-electron chi connectivity index (χ2n) is 4.81. The highest BCUT2D eigenvalue weighted by molar-refractivity contribution is 7.92. The molecule has 0 saturated carbocycles. The van der Waals surface area contributed by atoms with E-state index in [1.54, 1.807) is 18.2 Å². The molecule has 2 aromatic rings. The normalized spacial score (nSPS) is 11.2. The fraction of sp³-hybridized carbons (Fsp3) is 0.267. The lowest BCUT2D eigenvalue weighted by Crippen LogP contribution is -2.17. The third-order valence-electron chi connectivity index (χ3n) is 3.02. The van der Waals surface area contributed by atoms with Gasteiger partial charge in [-0.05, 0) is 44.5 Å². The number of rotatable bonds is 5. The largest absolute Gasteiger partial charge is 0.383 e. The highest BCUT2D eigenvalue weighted by Gasteiger charge is 2.20. The number of aromatic nitrogens is 1. The molecule has 0 atom stereocenters. The summed E-state index contributed by atoms with van der Waals surface area (Å²) in [6.07, 6.45) is 1.47. The average molecular weight is 305 g/mol. The summed E-state index contributed by atoms with van der Waals surface area (Å²) in [7, 11) is -3.73. The molecule has 2 rings (SSSR count). The van der Waals surface area contributed by atoms with Gasteiger partial charge in [-0.2, -0.15) is 8.42 Å². The van der Waals surface area contributed by atoms with Gasteiger partial charge in [-0.3, -0.25) is 4.72 Å². The molecule has 0 aliphatic carbocycles. The quantitative estimate of drug-likeness (QED) is 0.891. The maximum Gasteiger partial charge on any atom is 0.281 e. The molecule has 1 aromatic carbocycles. The van der Waals surface area contributed by atoms with Crippen LogP contribution in [0.5, 0.6) is 0 Å². The Morgan fingerprint density at radius 1 is 1.14 bits per heavy atom. The Balaban J connectivity index is 2.39. The van der Waals surface area contributed by atoms with Crippen LogP contribution in [0.15, 0.2) is 41.6 Å². The molecule has 6 heteroatoms. The molecule has 0 spiro atoms. The van der Waals surface area contributed by atoms with Gasteiger partial charge >= 0.3 is 0 Å². The molecule has 21 heavy (non-hydrogen) atoms. The van der Waals surface area contributed by atoms with Crippen LogP contribution in [0.3, 0.4) is 0 Å². The third kappa shape index (κ3) is 3.52. The van der Waals surface area contributed by atoms with Gasteiger partial charge in [-0.1, -0.05) is 17.7 Å². The molecule has 0 saturated heterocycles. The van der Waals surface area contributed by atoms with Crippen LogP contribution in [0.1, 0.15) is 18.1 Å². The highest BCUT2D eigenvalue weighted by atomic mass is 32.2. The van der Waals surface area contributed by atoms with Crippen molar-refractivity contribution < 1.29 is 8.42 Å². The van der Waals surface area contributed by atoms with E-state index in [-0.39, 0.29) is 5.03 Å². The summed E-state index contributed by atoms with van der Waals surface area (Å²) in [5.74, 6) is 0. The fourth-order valence-corrected chi connectivity index (χ4v) is 3.30. The van der Waals surface area contributed by atoms with Crippen LogP contribution >= 0.6 is 0 Å². The number of aryl methyl sites for hydroxylation is 2. The molecule has 0 bridgehead atoms. The van der Waals surface area contributed by atoms with E-state index in [0.29, 0.717) is 17.9 Å². The molecule has 0 fully saturated rings. The Kier molecular flexibility index (Phi) is 4.47. The van der Waals surface area contributed by atoms with Crippen molar-refractivity contribution in [1.29, 1.82) is 0 Å². The topological polar surface area (TPSA) is 71.1 Å². The van der Waals surface area contributed by atoms with Crippen molar-refractivity contribution in [1.82, 2.24) is 4.98 Å².